The van der Waals surface area contributed by atoms with Crippen LogP contribution in [-0.2, 0) is 23.8 Å². The molecule has 0 amide bonds. The van der Waals surface area contributed by atoms with Crippen molar-refractivity contribution in [2.75, 3.05) is 0 Å². The van der Waals surface area contributed by atoms with Gasteiger partial charge in [-0.3, -0.25) is 9.59 Å². The minimum absolute atomic E-state index is 0.0205. The van der Waals surface area contributed by atoms with Gasteiger partial charge in [0.1, 0.15) is 17.8 Å². The van der Waals surface area contributed by atoms with Gasteiger partial charge in [-0.05, 0) is 86.0 Å². The summed E-state index contributed by atoms with van der Waals surface area (Å²) in [5.74, 6) is 1.72. The van der Waals surface area contributed by atoms with E-state index < -0.39 is 0 Å². The van der Waals surface area contributed by atoms with Crippen molar-refractivity contribution >= 4 is 11.9 Å². The minimum atomic E-state index is -0.365. The van der Waals surface area contributed by atoms with Crippen molar-refractivity contribution in [3.05, 3.63) is 23.3 Å². The summed E-state index contributed by atoms with van der Waals surface area (Å²) in [6, 6.07) is 0. The third-order valence-corrected chi connectivity index (χ3v) is 11.5. The van der Waals surface area contributed by atoms with E-state index in [1.54, 1.807) is 5.57 Å². The molecule has 1 heterocycles. The van der Waals surface area contributed by atoms with Gasteiger partial charge in [-0.1, -0.05) is 52.3 Å². The summed E-state index contributed by atoms with van der Waals surface area (Å²) in [6.07, 6.45) is 8.92. The number of allylic oxidation sites excluding steroid dienone is 2. The van der Waals surface area contributed by atoms with Crippen LogP contribution >= 0.6 is 0 Å². The molecule has 4 fully saturated rings. The molecule has 0 aromatic heterocycles. The molecule has 1 saturated heterocycles. The van der Waals surface area contributed by atoms with Crippen LogP contribution < -0.4 is 0 Å². The highest BCUT2D eigenvalue weighted by Crippen LogP contribution is 2.73. The van der Waals surface area contributed by atoms with E-state index >= 15 is 0 Å². The van der Waals surface area contributed by atoms with E-state index in [2.05, 4.69) is 41.2 Å². The lowest BCUT2D eigenvalue weighted by molar-refractivity contribution is -0.153. The third-order valence-electron chi connectivity index (χ3n) is 11.5. The largest absolute Gasteiger partial charge is 0.462 e. The lowest BCUT2D eigenvalue weighted by Gasteiger charge is -2.56. The number of hydrogen-bond acceptors (Lipinski definition) is 5. The minimum Gasteiger partial charge on any atom is -0.462 e. The fraction of sp³-hybridized carbons (Fsp3) is 0.812. The molecule has 5 rings (SSSR count). The van der Waals surface area contributed by atoms with Crippen LogP contribution in [-0.4, -0.2) is 35.9 Å². The van der Waals surface area contributed by atoms with Gasteiger partial charge in [0.2, 0.25) is 0 Å². The molecule has 0 bridgehead atoms. The zero-order valence-electron chi connectivity index (χ0n) is 24.2. The number of ether oxygens (including phenoxy) is 3. The second kappa shape index (κ2) is 9.24. The molecule has 5 heteroatoms. The van der Waals surface area contributed by atoms with Crippen molar-refractivity contribution in [3.8, 4) is 0 Å². The van der Waals surface area contributed by atoms with E-state index in [0.717, 1.165) is 32.1 Å². The van der Waals surface area contributed by atoms with Crippen LogP contribution in [0.15, 0.2) is 23.3 Å². The molecule has 0 aromatic carbocycles. The molecule has 206 valence electrons. The van der Waals surface area contributed by atoms with Gasteiger partial charge in [-0.25, -0.2) is 0 Å². The Morgan fingerprint density at radius 1 is 1.05 bits per heavy atom. The van der Waals surface area contributed by atoms with E-state index in [0.29, 0.717) is 30.1 Å². The molecule has 3 saturated carbocycles. The van der Waals surface area contributed by atoms with Crippen LogP contribution in [0.25, 0.3) is 0 Å². The van der Waals surface area contributed by atoms with Crippen LogP contribution in [0.1, 0.15) is 106 Å². The molecule has 0 N–H and O–H groups in total. The monoisotopic (exact) mass is 512 g/mol. The van der Waals surface area contributed by atoms with Gasteiger partial charge < -0.3 is 14.2 Å². The number of carbonyl (C=O) groups excluding carboxylic acids is 2. The standard InChI is InChI=1S/C32H48O5/c1-18(2)19(3)9-10-20(4)24-11-12-25-27-26(14-15-30(24,25)7)31(8)16-13-23(35-21(5)33)17-32(31)29(37-32)28(27)36-22(6)34/h18,20,23-24,26,28-29H,3,9-17H2,1-2,4-8H3. The molecule has 5 aliphatic rings. The molecule has 1 spiro atoms. The molecule has 0 aromatic rings. The van der Waals surface area contributed by atoms with Crippen LogP contribution in [0.2, 0.25) is 0 Å². The van der Waals surface area contributed by atoms with E-state index in [1.165, 1.54) is 44.3 Å². The number of carbonyl (C=O) groups is 2. The number of hydrogen-bond donors (Lipinski definition) is 0. The quantitative estimate of drug-likeness (QED) is 0.210. The summed E-state index contributed by atoms with van der Waals surface area (Å²) >= 11 is 0. The number of epoxide rings is 1. The van der Waals surface area contributed by atoms with Crippen LogP contribution in [0.4, 0.5) is 0 Å². The second-order valence-electron chi connectivity index (χ2n) is 13.8. The summed E-state index contributed by atoms with van der Waals surface area (Å²) < 4.78 is 18.4. The van der Waals surface area contributed by atoms with Gasteiger partial charge >= 0.3 is 11.9 Å². The predicted octanol–water partition coefficient (Wildman–Crippen LogP) is 6.94. The molecule has 0 radical (unpaired) electrons. The maximum absolute atomic E-state index is 12.4. The Hall–Kier alpha value is -1.62. The summed E-state index contributed by atoms with van der Waals surface area (Å²) in [5.41, 5.74) is 4.10. The normalized spacial score (nSPS) is 42.8. The van der Waals surface area contributed by atoms with Crippen molar-refractivity contribution in [1.29, 1.82) is 0 Å². The Morgan fingerprint density at radius 3 is 2.41 bits per heavy atom. The summed E-state index contributed by atoms with van der Waals surface area (Å²) in [7, 11) is 0. The fourth-order valence-electron chi connectivity index (χ4n) is 9.34. The SMILES string of the molecule is C=C(CCC(C)C1CCC2=C3C(OC(C)=O)C4OC45CC(OC(C)=O)CCC5(C)C3CCC21C)C(C)C. The van der Waals surface area contributed by atoms with Crippen molar-refractivity contribution < 1.29 is 23.8 Å². The Morgan fingerprint density at radius 2 is 1.76 bits per heavy atom. The summed E-state index contributed by atoms with van der Waals surface area (Å²) in [5, 5.41) is 0. The molecule has 9 unspecified atom stereocenters. The van der Waals surface area contributed by atoms with Gasteiger partial charge in [0.05, 0.1) is 0 Å². The maximum atomic E-state index is 12.4. The first-order valence-corrected chi connectivity index (χ1v) is 14.8. The van der Waals surface area contributed by atoms with Crippen molar-refractivity contribution in [3.63, 3.8) is 0 Å². The first-order chi connectivity index (χ1) is 17.3. The molecular weight excluding hydrogens is 464 g/mol. The summed E-state index contributed by atoms with van der Waals surface area (Å²) in [6.45, 7) is 19.2. The highest BCUT2D eigenvalue weighted by molar-refractivity contribution is 5.67. The Kier molecular flexibility index (Phi) is 6.74. The van der Waals surface area contributed by atoms with Crippen LogP contribution in [0.5, 0.6) is 0 Å². The van der Waals surface area contributed by atoms with Crippen LogP contribution in [0, 0.1) is 34.5 Å². The average Bonchev–Trinajstić information content (AvgIpc) is 3.43. The first kappa shape index (κ1) is 27.0. The Bertz CT molecular complexity index is 1010. The van der Waals surface area contributed by atoms with E-state index in [1.807, 2.05) is 0 Å². The smallest absolute Gasteiger partial charge is 0.303 e. The zero-order valence-corrected chi connectivity index (χ0v) is 24.2. The number of fused-ring (bicyclic) bond motifs is 3. The van der Waals surface area contributed by atoms with Gasteiger partial charge in [0, 0.05) is 25.7 Å². The average molecular weight is 513 g/mol. The van der Waals surface area contributed by atoms with Gasteiger partial charge in [-0.15, -0.1) is 0 Å². The van der Waals surface area contributed by atoms with Crippen LogP contribution in [0.3, 0.4) is 0 Å². The summed E-state index contributed by atoms with van der Waals surface area (Å²) in [4.78, 5) is 24.1. The lowest BCUT2D eigenvalue weighted by atomic mass is 9.48. The first-order valence-electron chi connectivity index (χ1n) is 14.8. The topological polar surface area (TPSA) is 65.1 Å². The molecular formula is C32H48O5. The fourth-order valence-corrected chi connectivity index (χ4v) is 9.34. The van der Waals surface area contributed by atoms with E-state index in [9.17, 15) is 9.59 Å². The van der Waals surface area contributed by atoms with Crippen molar-refractivity contribution in [2.24, 2.45) is 34.5 Å². The molecule has 37 heavy (non-hydrogen) atoms. The highest BCUT2D eigenvalue weighted by Gasteiger charge is 2.78. The zero-order chi connectivity index (χ0) is 26.9. The molecule has 5 nitrogen and oxygen atoms in total. The van der Waals surface area contributed by atoms with Crippen molar-refractivity contribution in [1.82, 2.24) is 0 Å². The number of rotatable bonds is 7. The van der Waals surface area contributed by atoms with Crippen molar-refractivity contribution in [2.45, 2.75) is 130 Å². The maximum Gasteiger partial charge on any atom is 0.303 e. The van der Waals surface area contributed by atoms with Gasteiger partial charge in [0.25, 0.3) is 0 Å². The predicted molar refractivity (Wildman–Crippen MR) is 144 cm³/mol. The molecule has 9 atom stereocenters. The van der Waals surface area contributed by atoms with Gasteiger partial charge in [-0.2, -0.15) is 0 Å². The lowest BCUT2D eigenvalue weighted by Crippen LogP contribution is -2.58. The van der Waals surface area contributed by atoms with E-state index in [-0.39, 0.29) is 46.7 Å². The van der Waals surface area contributed by atoms with Gasteiger partial charge in [0.15, 0.2) is 6.10 Å². The third kappa shape index (κ3) is 4.13. The molecule has 1 aliphatic heterocycles. The Labute approximate surface area is 223 Å². The second-order valence-corrected chi connectivity index (χ2v) is 13.8. The van der Waals surface area contributed by atoms with E-state index in [4.69, 9.17) is 14.2 Å². The molecule has 4 aliphatic carbocycles. The highest BCUT2D eigenvalue weighted by atomic mass is 16.7. The number of esters is 2. The Balaban J connectivity index is 1.47.